The Kier molecular flexibility index (Phi) is 10.2. The van der Waals surface area contributed by atoms with Crippen LogP contribution in [0.3, 0.4) is 0 Å². The third-order valence-electron chi connectivity index (χ3n) is 11.6. The number of aliphatic hydroxyl groups is 1. The topological polar surface area (TPSA) is 128 Å². The predicted molar refractivity (Wildman–Crippen MR) is 198 cm³/mol. The molecule has 4 aliphatic rings. The molecule has 2 saturated carbocycles. The molecular formula is C42H49N5O5. The third-order valence-corrected chi connectivity index (χ3v) is 11.6. The van der Waals surface area contributed by atoms with Crippen molar-refractivity contribution in [1.82, 2.24) is 25.2 Å². The van der Waals surface area contributed by atoms with Gasteiger partial charge in [0.1, 0.15) is 5.60 Å². The molecule has 0 unspecified atom stereocenters. The summed E-state index contributed by atoms with van der Waals surface area (Å²) in [4.78, 5) is 37.1. The SMILES string of the molecule is O=C(N[C@@H](Cc1ccccc1)[C@H](O)CN[C@H]1CC2(CCC2)Oc2ncc(C[C@@H]3CCCO3)cc21)c1cc(-c2ccccn2)c(=O)n(C2CCCC2)c1. The van der Waals surface area contributed by atoms with Crippen LogP contribution < -0.4 is 20.9 Å². The zero-order valence-corrected chi connectivity index (χ0v) is 29.7. The first-order valence-corrected chi connectivity index (χ1v) is 19.2. The van der Waals surface area contributed by atoms with Crippen LogP contribution >= 0.6 is 0 Å². The van der Waals surface area contributed by atoms with Crippen LogP contribution in [0.15, 0.2) is 84.0 Å². The number of pyridine rings is 3. The normalized spacial score (nSPS) is 21.9. The molecule has 272 valence electrons. The Morgan fingerprint density at radius 3 is 2.54 bits per heavy atom. The molecule has 4 aromatic rings. The smallest absolute Gasteiger partial charge is 0.260 e. The average molecular weight is 704 g/mol. The number of nitrogens with zero attached hydrogens (tertiary/aromatic N) is 3. The summed E-state index contributed by atoms with van der Waals surface area (Å²) < 4.78 is 14.2. The maximum atomic E-state index is 14.2. The van der Waals surface area contributed by atoms with Gasteiger partial charge in [0.25, 0.3) is 11.5 Å². The fourth-order valence-corrected chi connectivity index (χ4v) is 8.51. The molecule has 8 rings (SSSR count). The molecule has 2 aliphatic carbocycles. The number of fused-ring (bicyclic) bond motifs is 1. The van der Waals surface area contributed by atoms with Crippen molar-refractivity contribution >= 4 is 5.91 Å². The summed E-state index contributed by atoms with van der Waals surface area (Å²) in [7, 11) is 0. The van der Waals surface area contributed by atoms with Crippen LogP contribution in [0.25, 0.3) is 11.3 Å². The second-order valence-electron chi connectivity index (χ2n) is 15.2. The maximum Gasteiger partial charge on any atom is 0.260 e. The van der Waals surface area contributed by atoms with E-state index in [2.05, 4.69) is 21.7 Å². The number of hydrogen-bond acceptors (Lipinski definition) is 8. The highest BCUT2D eigenvalue weighted by atomic mass is 16.5. The summed E-state index contributed by atoms with van der Waals surface area (Å²) in [6.45, 7) is 1.07. The summed E-state index contributed by atoms with van der Waals surface area (Å²) in [6.07, 6.45) is 15.8. The van der Waals surface area contributed by atoms with E-state index >= 15 is 0 Å². The Hall–Kier alpha value is -4.38. The monoisotopic (exact) mass is 703 g/mol. The van der Waals surface area contributed by atoms with E-state index in [9.17, 15) is 14.7 Å². The number of ether oxygens (including phenoxy) is 2. The summed E-state index contributed by atoms with van der Waals surface area (Å²) in [6, 6.07) is 18.6. The molecule has 0 radical (unpaired) electrons. The Bertz CT molecular complexity index is 1900. The van der Waals surface area contributed by atoms with E-state index in [4.69, 9.17) is 14.5 Å². The van der Waals surface area contributed by atoms with Crippen molar-refractivity contribution in [1.29, 1.82) is 0 Å². The molecule has 0 bridgehead atoms. The van der Waals surface area contributed by atoms with Crippen molar-refractivity contribution in [3.63, 3.8) is 0 Å². The van der Waals surface area contributed by atoms with E-state index < -0.39 is 12.1 Å². The molecule has 52 heavy (non-hydrogen) atoms. The number of nitrogens with one attached hydrogen (secondary N) is 2. The van der Waals surface area contributed by atoms with Gasteiger partial charge >= 0.3 is 0 Å². The molecule has 1 aromatic carbocycles. The second kappa shape index (κ2) is 15.3. The van der Waals surface area contributed by atoms with Crippen molar-refractivity contribution < 1.29 is 19.4 Å². The van der Waals surface area contributed by atoms with Gasteiger partial charge in [-0.3, -0.25) is 14.6 Å². The summed E-state index contributed by atoms with van der Waals surface area (Å²) >= 11 is 0. The number of aromatic nitrogens is 3. The van der Waals surface area contributed by atoms with Crippen LogP contribution in [0.4, 0.5) is 0 Å². The van der Waals surface area contributed by atoms with E-state index in [1.165, 1.54) is 0 Å². The molecule has 2 aliphatic heterocycles. The molecule has 1 spiro atoms. The molecule has 3 fully saturated rings. The number of aliphatic hydroxyl groups excluding tert-OH is 1. The van der Waals surface area contributed by atoms with Gasteiger partial charge in [0.2, 0.25) is 5.88 Å². The summed E-state index contributed by atoms with van der Waals surface area (Å²) in [5.74, 6) is 0.334. The minimum atomic E-state index is -0.910. The fourth-order valence-electron chi connectivity index (χ4n) is 8.51. The van der Waals surface area contributed by atoms with Gasteiger partial charge in [-0.05, 0) is 86.8 Å². The lowest BCUT2D eigenvalue weighted by molar-refractivity contribution is -0.0421. The van der Waals surface area contributed by atoms with E-state index in [0.29, 0.717) is 29.1 Å². The molecule has 5 heterocycles. The van der Waals surface area contributed by atoms with Crippen LogP contribution in [0.5, 0.6) is 5.88 Å². The van der Waals surface area contributed by atoms with Crippen LogP contribution in [-0.4, -0.2) is 62.6 Å². The van der Waals surface area contributed by atoms with Gasteiger partial charge in [-0.1, -0.05) is 49.2 Å². The zero-order valence-electron chi connectivity index (χ0n) is 29.7. The van der Waals surface area contributed by atoms with Crippen molar-refractivity contribution in [3.05, 3.63) is 112 Å². The van der Waals surface area contributed by atoms with Crippen molar-refractivity contribution in [2.24, 2.45) is 0 Å². The highest BCUT2D eigenvalue weighted by Gasteiger charge is 2.46. The maximum absolute atomic E-state index is 14.2. The van der Waals surface area contributed by atoms with Gasteiger partial charge < -0.3 is 29.8 Å². The second-order valence-corrected chi connectivity index (χ2v) is 15.2. The van der Waals surface area contributed by atoms with Gasteiger partial charge in [-0.2, -0.15) is 0 Å². The number of carbonyl (C=O) groups is 1. The molecule has 10 heteroatoms. The van der Waals surface area contributed by atoms with E-state index in [0.717, 1.165) is 93.9 Å². The van der Waals surface area contributed by atoms with Gasteiger partial charge in [-0.25, -0.2) is 4.98 Å². The largest absolute Gasteiger partial charge is 0.471 e. The fraction of sp³-hybridized carbons (Fsp3) is 0.476. The molecule has 1 amide bonds. The first kappa shape index (κ1) is 34.7. The highest BCUT2D eigenvalue weighted by Crippen LogP contribution is 2.48. The minimum absolute atomic E-state index is 0.0413. The Labute approximate surface area is 305 Å². The van der Waals surface area contributed by atoms with Crippen LogP contribution in [-0.2, 0) is 17.6 Å². The summed E-state index contributed by atoms with van der Waals surface area (Å²) in [5, 5.41) is 18.7. The number of amides is 1. The zero-order chi connectivity index (χ0) is 35.5. The lowest BCUT2D eigenvalue weighted by Crippen LogP contribution is -2.52. The Morgan fingerprint density at radius 2 is 1.81 bits per heavy atom. The average Bonchev–Trinajstić information content (AvgIpc) is 3.89. The molecule has 3 aromatic heterocycles. The number of benzene rings is 1. The van der Waals surface area contributed by atoms with Gasteiger partial charge in [0.15, 0.2) is 0 Å². The minimum Gasteiger partial charge on any atom is -0.471 e. The first-order chi connectivity index (χ1) is 25.4. The van der Waals surface area contributed by atoms with Crippen LogP contribution in [0.2, 0.25) is 0 Å². The van der Waals surface area contributed by atoms with Crippen molar-refractivity contribution in [2.75, 3.05) is 13.2 Å². The number of rotatable bonds is 12. The predicted octanol–water partition coefficient (Wildman–Crippen LogP) is 5.88. The lowest BCUT2D eigenvalue weighted by atomic mass is 9.73. The molecule has 4 atom stereocenters. The molecule has 3 N–H and O–H groups in total. The van der Waals surface area contributed by atoms with Crippen molar-refractivity contribution in [2.45, 2.75) is 113 Å². The van der Waals surface area contributed by atoms with Gasteiger partial charge in [-0.15, -0.1) is 0 Å². The summed E-state index contributed by atoms with van der Waals surface area (Å²) in [5.41, 5.74) is 4.09. The Morgan fingerprint density at radius 1 is 0.981 bits per heavy atom. The van der Waals surface area contributed by atoms with E-state index in [1.54, 1.807) is 29.1 Å². The van der Waals surface area contributed by atoms with Gasteiger partial charge in [0, 0.05) is 62.2 Å². The van der Waals surface area contributed by atoms with Crippen molar-refractivity contribution in [3.8, 4) is 17.1 Å². The molecule has 1 saturated heterocycles. The number of hydrogen-bond donors (Lipinski definition) is 3. The van der Waals surface area contributed by atoms with Crippen LogP contribution in [0, 0.1) is 0 Å². The standard InChI is InChI=1S/C42H49N5O5/c48-38(26-44-37-24-42(16-9-17-42)52-40-33(37)21-29(25-45-40)20-32-14-8-19-51-32)36(22-28-10-2-1-3-11-28)46-39(49)30-23-34(35-15-6-7-18-43-35)41(50)47(27-30)31-12-4-5-13-31/h1-3,6-7,10-11,15,18,21,23,25,27,31-32,36-38,44,48H,4-5,8-9,12-14,16-17,19-20,22,24,26H2,(H,46,49)/t32-,36-,37-,38+/m0/s1. The highest BCUT2D eigenvalue weighted by molar-refractivity contribution is 5.95. The quantitative estimate of drug-likeness (QED) is 0.167. The molecular weight excluding hydrogens is 654 g/mol. The van der Waals surface area contributed by atoms with E-state index in [-0.39, 0.29) is 41.8 Å². The first-order valence-electron chi connectivity index (χ1n) is 19.2. The molecule has 10 nitrogen and oxygen atoms in total. The van der Waals surface area contributed by atoms with Gasteiger partial charge in [0.05, 0.1) is 35.1 Å². The van der Waals surface area contributed by atoms with E-state index in [1.807, 2.05) is 48.7 Å². The van der Waals surface area contributed by atoms with Crippen LogP contribution in [0.1, 0.15) is 103 Å². The number of carbonyl (C=O) groups excluding carboxylic acids is 1. The lowest BCUT2D eigenvalue weighted by Gasteiger charge is -2.47. The Balaban J connectivity index is 1.04. The third kappa shape index (κ3) is 7.56.